The lowest BCUT2D eigenvalue weighted by molar-refractivity contribution is 0.102. The molecular weight excluding hydrogens is 292 g/mol. The zero-order chi connectivity index (χ0) is 15.2. The number of methoxy groups -OCH3 is 3. The van der Waals surface area contributed by atoms with E-state index in [0.29, 0.717) is 28.8 Å². The molecule has 0 atom stereocenters. The lowest BCUT2D eigenvalue weighted by atomic mass is 10.2. The molecule has 0 saturated heterocycles. The maximum Gasteiger partial charge on any atom is 0.261 e. The van der Waals surface area contributed by atoms with Gasteiger partial charge in [-0.2, -0.15) is 0 Å². The van der Waals surface area contributed by atoms with Crippen LogP contribution in [-0.2, 0) is 11.3 Å². The highest BCUT2D eigenvalue weighted by molar-refractivity contribution is 7.15. The number of rotatable bonds is 6. The molecule has 0 fully saturated rings. The van der Waals surface area contributed by atoms with Crippen molar-refractivity contribution in [2.75, 3.05) is 26.6 Å². The van der Waals surface area contributed by atoms with E-state index in [4.69, 9.17) is 14.2 Å². The number of amides is 1. The minimum absolute atomic E-state index is 0.284. The predicted molar refractivity (Wildman–Crippen MR) is 80.3 cm³/mol. The van der Waals surface area contributed by atoms with Gasteiger partial charge < -0.3 is 14.2 Å². The summed E-state index contributed by atoms with van der Waals surface area (Å²) in [5.74, 6) is 0.786. The molecule has 1 heterocycles. The molecule has 2 aromatic rings. The van der Waals surface area contributed by atoms with Gasteiger partial charge in [0.1, 0.15) is 11.5 Å². The Morgan fingerprint density at radius 3 is 2.76 bits per heavy atom. The van der Waals surface area contributed by atoms with E-state index in [1.165, 1.54) is 18.4 Å². The minimum Gasteiger partial charge on any atom is -0.497 e. The fraction of sp³-hybridized carbons (Fsp3) is 0.286. The number of ether oxygens (including phenoxy) is 3. The van der Waals surface area contributed by atoms with Crippen LogP contribution in [0.5, 0.6) is 11.5 Å². The topological polar surface area (TPSA) is 69.7 Å². The van der Waals surface area contributed by atoms with E-state index < -0.39 is 0 Å². The van der Waals surface area contributed by atoms with E-state index in [1.54, 1.807) is 38.6 Å². The van der Waals surface area contributed by atoms with Crippen molar-refractivity contribution in [1.82, 2.24) is 4.98 Å². The van der Waals surface area contributed by atoms with Gasteiger partial charge in [0, 0.05) is 19.4 Å². The van der Waals surface area contributed by atoms with Gasteiger partial charge in [0.25, 0.3) is 5.91 Å². The highest BCUT2D eigenvalue weighted by Crippen LogP contribution is 2.26. The van der Waals surface area contributed by atoms with Crippen molar-refractivity contribution in [3.63, 3.8) is 0 Å². The number of anilines is 1. The monoisotopic (exact) mass is 308 g/mol. The summed E-state index contributed by atoms with van der Waals surface area (Å²) in [6, 6.07) is 5.01. The van der Waals surface area contributed by atoms with Crippen LogP contribution in [-0.4, -0.2) is 32.2 Å². The Balaban J connectivity index is 2.15. The van der Waals surface area contributed by atoms with Crippen LogP contribution in [0, 0.1) is 0 Å². The highest BCUT2D eigenvalue weighted by Gasteiger charge is 2.15. The van der Waals surface area contributed by atoms with Crippen molar-refractivity contribution in [3.8, 4) is 11.5 Å². The largest absolute Gasteiger partial charge is 0.497 e. The smallest absolute Gasteiger partial charge is 0.261 e. The van der Waals surface area contributed by atoms with Gasteiger partial charge in [-0.25, -0.2) is 4.98 Å². The average Bonchev–Trinajstić information content (AvgIpc) is 2.94. The summed E-state index contributed by atoms with van der Waals surface area (Å²) in [7, 11) is 4.67. The zero-order valence-electron chi connectivity index (χ0n) is 12.0. The normalized spacial score (nSPS) is 10.2. The first-order chi connectivity index (χ1) is 10.2. The van der Waals surface area contributed by atoms with Gasteiger partial charge in [-0.15, -0.1) is 0 Å². The molecule has 1 N–H and O–H groups in total. The summed E-state index contributed by atoms with van der Waals surface area (Å²) in [6.07, 6.45) is 1.68. The van der Waals surface area contributed by atoms with E-state index in [0.717, 1.165) is 4.88 Å². The first kappa shape index (κ1) is 15.3. The number of carbonyl (C=O) groups excluding carboxylic acids is 1. The molecule has 2 rings (SSSR count). The summed E-state index contributed by atoms with van der Waals surface area (Å²) < 4.78 is 15.3. The SMILES string of the molecule is COCc1cnc(NC(=O)c2ccc(OC)cc2OC)s1. The van der Waals surface area contributed by atoms with E-state index in [-0.39, 0.29) is 5.91 Å². The third-order valence-electron chi connectivity index (χ3n) is 2.71. The molecule has 0 bridgehead atoms. The summed E-state index contributed by atoms with van der Waals surface area (Å²) in [5.41, 5.74) is 0.418. The lowest BCUT2D eigenvalue weighted by Crippen LogP contribution is -2.13. The summed E-state index contributed by atoms with van der Waals surface area (Å²) >= 11 is 1.37. The minimum atomic E-state index is -0.284. The number of thiazole rings is 1. The van der Waals surface area contributed by atoms with E-state index in [9.17, 15) is 4.79 Å². The van der Waals surface area contributed by atoms with Gasteiger partial charge in [-0.3, -0.25) is 10.1 Å². The second-order valence-corrected chi connectivity index (χ2v) is 5.20. The number of nitrogens with one attached hydrogen (secondary N) is 1. The van der Waals surface area contributed by atoms with Crippen LogP contribution >= 0.6 is 11.3 Å². The fourth-order valence-electron chi connectivity index (χ4n) is 1.72. The molecule has 0 saturated carbocycles. The Hall–Kier alpha value is -2.12. The molecule has 0 aliphatic rings. The van der Waals surface area contributed by atoms with Crippen LogP contribution in [0.4, 0.5) is 5.13 Å². The molecule has 1 aromatic carbocycles. The molecule has 0 aliphatic heterocycles. The summed E-state index contributed by atoms with van der Waals surface area (Å²) in [5, 5.41) is 3.26. The Morgan fingerprint density at radius 1 is 1.29 bits per heavy atom. The summed E-state index contributed by atoms with van der Waals surface area (Å²) in [6.45, 7) is 0.472. The standard InChI is InChI=1S/C14H16N2O4S/c1-18-8-10-7-15-14(21-10)16-13(17)11-5-4-9(19-2)6-12(11)20-3/h4-7H,8H2,1-3H3,(H,15,16,17). The molecule has 112 valence electrons. The Labute approximate surface area is 126 Å². The summed E-state index contributed by atoms with van der Waals surface area (Å²) in [4.78, 5) is 17.3. The maximum atomic E-state index is 12.3. The molecule has 7 heteroatoms. The number of carbonyl (C=O) groups is 1. The van der Waals surface area contributed by atoms with Crippen molar-refractivity contribution < 1.29 is 19.0 Å². The number of hydrogen-bond acceptors (Lipinski definition) is 6. The van der Waals surface area contributed by atoms with Crippen molar-refractivity contribution in [3.05, 3.63) is 34.8 Å². The molecule has 0 unspecified atom stereocenters. The number of benzene rings is 1. The van der Waals surface area contributed by atoms with Crippen molar-refractivity contribution in [2.24, 2.45) is 0 Å². The van der Waals surface area contributed by atoms with Crippen LogP contribution in [0.2, 0.25) is 0 Å². The molecule has 1 amide bonds. The molecular formula is C14H16N2O4S. The van der Waals surface area contributed by atoms with E-state index in [1.807, 2.05) is 0 Å². The maximum absolute atomic E-state index is 12.3. The number of hydrogen-bond donors (Lipinski definition) is 1. The molecule has 1 aromatic heterocycles. The molecule has 21 heavy (non-hydrogen) atoms. The third-order valence-corrected chi connectivity index (χ3v) is 3.60. The van der Waals surface area contributed by atoms with Gasteiger partial charge in [0.2, 0.25) is 0 Å². The molecule has 0 aliphatic carbocycles. The van der Waals surface area contributed by atoms with Crippen LogP contribution in [0.1, 0.15) is 15.2 Å². The fourth-order valence-corrected chi connectivity index (χ4v) is 2.50. The Kier molecular flexibility index (Phi) is 5.13. The van der Waals surface area contributed by atoms with Gasteiger partial charge in [0.15, 0.2) is 5.13 Å². The van der Waals surface area contributed by atoms with Gasteiger partial charge in [-0.1, -0.05) is 11.3 Å². The first-order valence-corrected chi connectivity index (χ1v) is 6.96. The third kappa shape index (κ3) is 3.71. The van der Waals surface area contributed by atoms with Gasteiger partial charge >= 0.3 is 0 Å². The van der Waals surface area contributed by atoms with Crippen molar-refractivity contribution in [2.45, 2.75) is 6.61 Å². The second-order valence-electron chi connectivity index (χ2n) is 4.09. The van der Waals surface area contributed by atoms with Gasteiger partial charge in [0.05, 0.1) is 31.3 Å². The van der Waals surface area contributed by atoms with Crippen LogP contribution in [0.15, 0.2) is 24.4 Å². The number of aromatic nitrogens is 1. The van der Waals surface area contributed by atoms with E-state index >= 15 is 0 Å². The van der Waals surface area contributed by atoms with Crippen LogP contribution in [0.3, 0.4) is 0 Å². The predicted octanol–water partition coefficient (Wildman–Crippen LogP) is 2.56. The molecule has 0 spiro atoms. The Bertz CT molecular complexity index is 627. The van der Waals surface area contributed by atoms with Gasteiger partial charge in [-0.05, 0) is 12.1 Å². The Morgan fingerprint density at radius 2 is 2.10 bits per heavy atom. The molecule has 0 radical (unpaired) electrons. The van der Waals surface area contributed by atoms with Crippen molar-refractivity contribution >= 4 is 22.4 Å². The van der Waals surface area contributed by atoms with Crippen LogP contribution < -0.4 is 14.8 Å². The lowest BCUT2D eigenvalue weighted by Gasteiger charge is -2.09. The highest BCUT2D eigenvalue weighted by atomic mass is 32.1. The number of nitrogens with zero attached hydrogens (tertiary/aromatic N) is 1. The van der Waals surface area contributed by atoms with E-state index in [2.05, 4.69) is 10.3 Å². The zero-order valence-corrected chi connectivity index (χ0v) is 12.8. The molecule has 6 nitrogen and oxygen atoms in total. The van der Waals surface area contributed by atoms with Crippen LogP contribution in [0.25, 0.3) is 0 Å². The first-order valence-electron chi connectivity index (χ1n) is 6.15. The quantitative estimate of drug-likeness (QED) is 0.888. The second kappa shape index (κ2) is 7.05. The average molecular weight is 308 g/mol. The van der Waals surface area contributed by atoms with Crippen molar-refractivity contribution in [1.29, 1.82) is 0 Å².